The third-order valence-electron chi connectivity index (χ3n) is 7.22. The SMILES string of the molecule is COc1cc(C)c(S(=O)(=O)N(CCOCC(=O)N2CCn3cccc3C2C(C)C)Cc2ccccc2)c(C)c1. The molecule has 0 N–H and O–H groups in total. The molecule has 1 amide bonds. The fourth-order valence-electron chi connectivity index (χ4n) is 5.44. The lowest BCUT2D eigenvalue weighted by Gasteiger charge is -2.39. The summed E-state index contributed by atoms with van der Waals surface area (Å²) >= 11 is 0. The summed E-state index contributed by atoms with van der Waals surface area (Å²) in [5.41, 5.74) is 3.25. The largest absolute Gasteiger partial charge is 0.497 e. The molecule has 39 heavy (non-hydrogen) atoms. The van der Waals surface area contributed by atoms with E-state index in [2.05, 4.69) is 30.7 Å². The van der Waals surface area contributed by atoms with E-state index in [-0.39, 0.29) is 49.1 Å². The number of carbonyl (C=O) groups is 1. The standard InChI is InChI=1S/C30H39N3O5S/c1-22(2)29-27-12-9-13-31(27)14-15-33(29)28(34)21-38-17-16-32(20-25-10-7-6-8-11-25)39(35,36)30-23(3)18-26(37-5)19-24(30)4/h6-13,18-19,22,29H,14-17,20-21H2,1-5H3. The van der Waals surface area contributed by atoms with Crippen molar-refractivity contribution in [2.45, 2.75) is 51.7 Å². The van der Waals surface area contributed by atoms with Gasteiger partial charge in [-0.05, 0) is 60.7 Å². The summed E-state index contributed by atoms with van der Waals surface area (Å²) < 4.78 is 42.6. The maximum Gasteiger partial charge on any atom is 0.249 e. The summed E-state index contributed by atoms with van der Waals surface area (Å²) in [6.45, 7) is 9.48. The second-order valence-electron chi connectivity index (χ2n) is 10.4. The van der Waals surface area contributed by atoms with Crippen LogP contribution in [0.2, 0.25) is 0 Å². The molecule has 8 nitrogen and oxygen atoms in total. The van der Waals surface area contributed by atoms with Crippen LogP contribution in [0.3, 0.4) is 0 Å². The van der Waals surface area contributed by atoms with Crippen LogP contribution in [-0.2, 0) is 32.6 Å². The van der Waals surface area contributed by atoms with E-state index in [0.29, 0.717) is 23.4 Å². The molecule has 1 aromatic heterocycles. The van der Waals surface area contributed by atoms with E-state index in [0.717, 1.165) is 17.8 Å². The Morgan fingerprint density at radius 1 is 1.05 bits per heavy atom. The third kappa shape index (κ3) is 6.37. The number of aryl methyl sites for hydroxylation is 2. The molecule has 1 aliphatic heterocycles. The number of hydrogen-bond acceptors (Lipinski definition) is 5. The monoisotopic (exact) mass is 553 g/mol. The van der Waals surface area contributed by atoms with E-state index in [1.807, 2.05) is 41.3 Å². The van der Waals surface area contributed by atoms with Gasteiger partial charge in [-0.25, -0.2) is 8.42 Å². The molecule has 2 heterocycles. The topological polar surface area (TPSA) is 81.1 Å². The lowest BCUT2D eigenvalue weighted by molar-refractivity contribution is -0.141. The number of benzene rings is 2. The van der Waals surface area contributed by atoms with Crippen molar-refractivity contribution in [2.24, 2.45) is 5.92 Å². The van der Waals surface area contributed by atoms with Gasteiger partial charge < -0.3 is 18.9 Å². The van der Waals surface area contributed by atoms with Gasteiger partial charge in [0.25, 0.3) is 0 Å². The zero-order chi connectivity index (χ0) is 28.2. The van der Waals surface area contributed by atoms with Gasteiger partial charge in [0.05, 0.1) is 24.7 Å². The van der Waals surface area contributed by atoms with E-state index in [9.17, 15) is 13.2 Å². The van der Waals surface area contributed by atoms with Crippen LogP contribution in [0.5, 0.6) is 5.75 Å². The Hall–Kier alpha value is -3.14. The number of sulfonamides is 1. The van der Waals surface area contributed by atoms with Gasteiger partial charge in [0, 0.05) is 38.1 Å². The zero-order valence-corrected chi connectivity index (χ0v) is 24.3. The Kier molecular flexibility index (Phi) is 9.15. The van der Waals surface area contributed by atoms with E-state index in [4.69, 9.17) is 9.47 Å². The zero-order valence-electron chi connectivity index (χ0n) is 23.5. The average molecular weight is 554 g/mol. The summed E-state index contributed by atoms with van der Waals surface area (Å²) in [5.74, 6) is 0.788. The normalized spacial score (nSPS) is 15.6. The fraction of sp³-hybridized carbons (Fsp3) is 0.433. The molecular weight excluding hydrogens is 514 g/mol. The number of amides is 1. The fourth-order valence-corrected chi connectivity index (χ4v) is 7.26. The van der Waals surface area contributed by atoms with Crippen molar-refractivity contribution in [3.8, 4) is 5.75 Å². The van der Waals surface area contributed by atoms with Crippen molar-refractivity contribution in [2.75, 3.05) is 33.4 Å². The van der Waals surface area contributed by atoms with Crippen LogP contribution in [0.15, 0.2) is 65.7 Å². The van der Waals surface area contributed by atoms with Gasteiger partial charge in [-0.2, -0.15) is 4.31 Å². The lowest BCUT2D eigenvalue weighted by Crippen LogP contribution is -2.45. The Labute approximate surface area is 232 Å². The molecule has 2 aromatic carbocycles. The summed E-state index contributed by atoms with van der Waals surface area (Å²) in [6, 6.07) is 17.0. The lowest BCUT2D eigenvalue weighted by atomic mass is 9.97. The molecular formula is C30H39N3O5S. The molecule has 0 saturated carbocycles. The van der Waals surface area contributed by atoms with Crippen LogP contribution in [0.1, 0.15) is 42.3 Å². The van der Waals surface area contributed by atoms with Crippen molar-refractivity contribution in [1.29, 1.82) is 0 Å². The number of ether oxygens (including phenoxy) is 2. The highest BCUT2D eigenvalue weighted by atomic mass is 32.2. The Morgan fingerprint density at radius 3 is 2.38 bits per heavy atom. The van der Waals surface area contributed by atoms with Crippen LogP contribution >= 0.6 is 0 Å². The van der Waals surface area contributed by atoms with E-state index in [1.165, 1.54) is 4.31 Å². The third-order valence-corrected chi connectivity index (χ3v) is 9.37. The number of aromatic nitrogens is 1. The minimum Gasteiger partial charge on any atom is -0.497 e. The number of nitrogens with zero attached hydrogens (tertiary/aromatic N) is 3. The summed E-state index contributed by atoms with van der Waals surface area (Å²) in [7, 11) is -2.29. The summed E-state index contributed by atoms with van der Waals surface area (Å²) in [5, 5.41) is 0. The molecule has 0 aliphatic carbocycles. The minimum absolute atomic E-state index is 0.0131. The van der Waals surface area contributed by atoms with E-state index < -0.39 is 10.0 Å². The molecule has 1 unspecified atom stereocenters. The van der Waals surface area contributed by atoms with Gasteiger partial charge in [-0.3, -0.25) is 4.79 Å². The Bertz CT molecular complexity index is 1360. The summed E-state index contributed by atoms with van der Waals surface area (Å²) in [6.07, 6.45) is 2.05. The van der Waals surface area contributed by atoms with Gasteiger partial charge in [0.15, 0.2) is 0 Å². The highest BCUT2D eigenvalue weighted by molar-refractivity contribution is 7.89. The predicted molar refractivity (Wildman–Crippen MR) is 151 cm³/mol. The maximum atomic E-state index is 13.9. The van der Waals surface area contributed by atoms with Crippen molar-refractivity contribution in [1.82, 2.24) is 13.8 Å². The van der Waals surface area contributed by atoms with Crippen LogP contribution in [0, 0.1) is 19.8 Å². The van der Waals surface area contributed by atoms with Crippen molar-refractivity contribution in [3.63, 3.8) is 0 Å². The maximum absolute atomic E-state index is 13.9. The first-order valence-corrected chi connectivity index (χ1v) is 14.8. The number of hydrogen-bond donors (Lipinski definition) is 0. The number of rotatable bonds is 11. The van der Waals surface area contributed by atoms with Crippen LogP contribution in [-0.4, -0.2) is 61.5 Å². The first-order valence-electron chi connectivity index (χ1n) is 13.3. The van der Waals surface area contributed by atoms with Crippen molar-refractivity contribution in [3.05, 3.63) is 83.2 Å². The summed E-state index contributed by atoms with van der Waals surface area (Å²) in [4.78, 5) is 15.4. The van der Waals surface area contributed by atoms with Gasteiger partial charge in [-0.1, -0.05) is 44.2 Å². The predicted octanol–water partition coefficient (Wildman–Crippen LogP) is 4.56. The van der Waals surface area contributed by atoms with Crippen LogP contribution < -0.4 is 4.74 Å². The van der Waals surface area contributed by atoms with Crippen LogP contribution in [0.25, 0.3) is 0 Å². The smallest absolute Gasteiger partial charge is 0.249 e. The molecule has 0 radical (unpaired) electrons. The van der Waals surface area contributed by atoms with Gasteiger partial charge in [-0.15, -0.1) is 0 Å². The molecule has 0 saturated heterocycles. The second-order valence-corrected chi connectivity index (χ2v) is 12.2. The Balaban J connectivity index is 1.47. The molecule has 0 fully saturated rings. The van der Waals surface area contributed by atoms with E-state index in [1.54, 1.807) is 33.1 Å². The first kappa shape index (κ1) is 28.9. The number of fused-ring (bicyclic) bond motifs is 1. The highest BCUT2D eigenvalue weighted by Crippen LogP contribution is 2.32. The second kappa shape index (κ2) is 12.4. The van der Waals surface area contributed by atoms with Gasteiger partial charge in [0.2, 0.25) is 15.9 Å². The molecule has 1 aliphatic rings. The molecule has 210 valence electrons. The van der Waals surface area contributed by atoms with Gasteiger partial charge >= 0.3 is 0 Å². The molecule has 0 spiro atoms. The highest BCUT2D eigenvalue weighted by Gasteiger charge is 2.33. The van der Waals surface area contributed by atoms with E-state index >= 15 is 0 Å². The quantitative estimate of drug-likeness (QED) is 0.325. The minimum atomic E-state index is -3.85. The number of methoxy groups -OCH3 is 1. The first-order chi connectivity index (χ1) is 18.6. The molecule has 1 atom stereocenters. The molecule has 3 aromatic rings. The van der Waals surface area contributed by atoms with Crippen molar-refractivity contribution >= 4 is 15.9 Å². The Morgan fingerprint density at radius 2 is 1.74 bits per heavy atom. The molecule has 0 bridgehead atoms. The van der Waals surface area contributed by atoms with Gasteiger partial charge in [0.1, 0.15) is 12.4 Å². The van der Waals surface area contributed by atoms with Crippen molar-refractivity contribution < 1.29 is 22.7 Å². The number of carbonyl (C=O) groups excluding carboxylic acids is 1. The molecule has 9 heteroatoms. The van der Waals surface area contributed by atoms with Crippen LogP contribution in [0.4, 0.5) is 0 Å². The molecule has 4 rings (SSSR count). The average Bonchev–Trinajstić information content (AvgIpc) is 3.38.